The molecule has 0 bridgehead atoms. The zero-order chi connectivity index (χ0) is 13.4. The van der Waals surface area contributed by atoms with Crippen LogP contribution in [-0.2, 0) is 0 Å². The van der Waals surface area contributed by atoms with Crippen molar-refractivity contribution in [1.29, 1.82) is 0 Å². The Bertz CT molecular complexity index is 346. The second-order valence-electron chi connectivity index (χ2n) is 5.99. The van der Waals surface area contributed by atoms with Gasteiger partial charge in [-0.1, -0.05) is 63.3 Å². The van der Waals surface area contributed by atoms with Gasteiger partial charge in [-0.25, -0.2) is 0 Å². The van der Waals surface area contributed by atoms with E-state index in [4.69, 9.17) is 0 Å². The van der Waals surface area contributed by atoms with Gasteiger partial charge in [-0.05, 0) is 49.5 Å². The molecule has 0 N–H and O–H groups in total. The Balaban J connectivity index is 2.55. The Labute approximate surface area is 113 Å². The van der Waals surface area contributed by atoms with Crippen molar-refractivity contribution in [3.63, 3.8) is 0 Å². The zero-order valence-electron chi connectivity index (χ0n) is 12.4. The number of hydrogen-bond acceptors (Lipinski definition) is 0. The maximum atomic E-state index is 2.38. The smallest absolute Gasteiger partial charge is 0.0164 e. The van der Waals surface area contributed by atoms with E-state index in [9.17, 15) is 0 Å². The molecular weight excluding hydrogens is 216 g/mol. The summed E-state index contributed by atoms with van der Waals surface area (Å²) >= 11 is 0. The summed E-state index contributed by atoms with van der Waals surface area (Å²) in [6.45, 7) is 9.17. The molecule has 0 aliphatic carbocycles. The van der Waals surface area contributed by atoms with E-state index in [-0.39, 0.29) is 0 Å². The number of allylic oxidation sites excluding steroid dienone is 2. The first-order valence-corrected chi connectivity index (χ1v) is 7.25. The van der Waals surface area contributed by atoms with E-state index in [1.54, 1.807) is 0 Å². The summed E-state index contributed by atoms with van der Waals surface area (Å²) in [4.78, 5) is 0. The first kappa shape index (κ1) is 15.0. The van der Waals surface area contributed by atoms with Gasteiger partial charge in [0.1, 0.15) is 0 Å². The highest BCUT2D eigenvalue weighted by atomic mass is 14.2. The average Bonchev–Trinajstić information content (AvgIpc) is 2.38. The highest BCUT2D eigenvalue weighted by Crippen LogP contribution is 2.33. The average molecular weight is 244 g/mol. The first-order chi connectivity index (χ1) is 8.59. The minimum atomic E-state index is 0.425. The van der Waals surface area contributed by atoms with Gasteiger partial charge in [0.05, 0.1) is 0 Å². The lowest BCUT2D eigenvalue weighted by Crippen LogP contribution is -2.12. The summed E-state index contributed by atoms with van der Waals surface area (Å²) < 4.78 is 0. The number of benzene rings is 1. The quantitative estimate of drug-likeness (QED) is 0.520. The van der Waals surface area contributed by atoms with Crippen LogP contribution in [0.3, 0.4) is 0 Å². The summed E-state index contributed by atoms with van der Waals surface area (Å²) in [6, 6.07) is 11.0. The maximum Gasteiger partial charge on any atom is -0.0164 e. The maximum absolute atomic E-state index is 2.38. The lowest BCUT2D eigenvalue weighted by Gasteiger charge is -2.26. The van der Waals surface area contributed by atoms with Crippen molar-refractivity contribution in [2.45, 2.75) is 59.3 Å². The van der Waals surface area contributed by atoms with Crippen molar-refractivity contribution in [1.82, 2.24) is 0 Å². The van der Waals surface area contributed by atoms with Gasteiger partial charge < -0.3 is 0 Å². The van der Waals surface area contributed by atoms with Gasteiger partial charge in [-0.15, -0.1) is 0 Å². The Morgan fingerprint density at radius 3 is 2.39 bits per heavy atom. The molecule has 0 aliphatic heterocycles. The normalized spacial score (nSPS) is 14.0. The minimum Gasteiger partial charge on any atom is -0.0916 e. The van der Waals surface area contributed by atoms with Crippen LogP contribution < -0.4 is 0 Å². The minimum absolute atomic E-state index is 0.425. The van der Waals surface area contributed by atoms with E-state index in [1.165, 1.54) is 31.2 Å². The van der Waals surface area contributed by atoms with Crippen LogP contribution in [0.4, 0.5) is 0 Å². The van der Waals surface area contributed by atoms with Gasteiger partial charge >= 0.3 is 0 Å². The van der Waals surface area contributed by atoms with Crippen LogP contribution in [0.2, 0.25) is 0 Å². The molecule has 0 aromatic heterocycles. The molecule has 0 spiro atoms. The third-order valence-corrected chi connectivity index (χ3v) is 3.84. The standard InChI is InChI=1S/C18H28/c1-5-7-14-18(3,4)15-13-16(6-2)17-11-9-8-10-12-17/h5,7-12,16H,6,13-15H2,1-4H3/b7-5+. The molecule has 1 unspecified atom stereocenters. The molecule has 0 radical (unpaired) electrons. The molecule has 0 nitrogen and oxygen atoms in total. The first-order valence-electron chi connectivity index (χ1n) is 7.25. The predicted octanol–water partition coefficient (Wildman–Crippen LogP) is 5.95. The van der Waals surface area contributed by atoms with Crippen molar-refractivity contribution in [3.8, 4) is 0 Å². The molecule has 0 amide bonds. The summed E-state index contributed by atoms with van der Waals surface area (Å²) in [6.07, 6.45) is 9.48. The van der Waals surface area contributed by atoms with Crippen molar-refractivity contribution in [2.75, 3.05) is 0 Å². The zero-order valence-corrected chi connectivity index (χ0v) is 12.4. The Morgan fingerprint density at radius 2 is 1.83 bits per heavy atom. The van der Waals surface area contributed by atoms with Crippen LogP contribution in [-0.4, -0.2) is 0 Å². The molecule has 1 rings (SSSR count). The molecule has 0 aliphatic rings. The molecule has 1 atom stereocenters. The van der Waals surface area contributed by atoms with E-state index in [2.05, 4.69) is 70.2 Å². The SMILES string of the molecule is C/C=C/CC(C)(C)CCC(CC)c1ccccc1. The fourth-order valence-corrected chi connectivity index (χ4v) is 2.44. The van der Waals surface area contributed by atoms with Crippen LogP contribution in [0.5, 0.6) is 0 Å². The molecule has 0 saturated carbocycles. The summed E-state index contributed by atoms with van der Waals surface area (Å²) in [5.41, 5.74) is 1.93. The van der Waals surface area contributed by atoms with E-state index in [1.807, 2.05) is 0 Å². The van der Waals surface area contributed by atoms with E-state index in [0.717, 1.165) is 5.92 Å². The highest BCUT2D eigenvalue weighted by molar-refractivity contribution is 5.19. The van der Waals surface area contributed by atoms with Gasteiger partial charge in [-0.2, -0.15) is 0 Å². The molecule has 0 fully saturated rings. The van der Waals surface area contributed by atoms with E-state index in [0.29, 0.717) is 5.41 Å². The Morgan fingerprint density at radius 1 is 1.17 bits per heavy atom. The molecule has 0 saturated heterocycles. The molecule has 1 aromatic carbocycles. The Hall–Kier alpha value is -1.04. The van der Waals surface area contributed by atoms with Crippen LogP contribution in [0.1, 0.15) is 64.9 Å². The second kappa shape index (κ2) is 7.41. The topological polar surface area (TPSA) is 0 Å². The molecule has 0 heteroatoms. The summed E-state index contributed by atoms with van der Waals surface area (Å²) in [5.74, 6) is 0.719. The molecule has 1 aromatic rings. The van der Waals surface area contributed by atoms with Crippen LogP contribution >= 0.6 is 0 Å². The third kappa shape index (κ3) is 5.08. The van der Waals surface area contributed by atoms with Crippen LogP contribution in [0.15, 0.2) is 42.5 Å². The van der Waals surface area contributed by atoms with Crippen molar-refractivity contribution in [2.24, 2.45) is 5.41 Å². The molecular formula is C18H28. The van der Waals surface area contributed by atoms with Gasteiger partial charge in [0.25, 0.3) is 0 Å². The summed E-state index contributed by atoms with van der Waals surface area (Å²) in [7, 11) is 0. The number of rotatable bonds is 7. The Kier molecular flexibility index (Phi) is 6.18. The fourth-order valence-electron chi connectivity index (χ4n) is 2.44. The molecule has 100 valence electrons. The third-order valence-electron chi connectivity index (χ3n) is 3.84. The van der Waals surface area contributed by atoms with Crippen molar-refractivity contribution in [3.05, 3.63) is 48.0 Å². The van der Waals surface area contributed by atoms with Crippen molar-refractivity contribution >= 4 is 0 Å². The van der Waals surface area contributed by atoms with E-state index >= 15 is 0 Å². The molecule has 18 heavy (non-hydrogen) atoms. The van der Waals surface area contributed by atoms with Crippen molar-refractivity contribution < 1.29 is 0 Å². The second-order valence-corrected chi connectivity index (χ2v) is 5.99. The predicted molar refractivity (Wildman–Crippen MR) is 81.9 cm³/mol. The largest absolute Gasteiger partial charge is 0.0916 e. The van der Waals surface area contributed by atoms with Gasteiger partial charge in [0, 0.05) is 0 Å². The van der Waals surface area contributed by atoms with E-state index < -0.39 is 0 Å². The lowest BCUT2D eigenvalue weighted by molar-refractivity contribution is 0.314. The lowest BCUT2D eigenvalue weighted by atomic mass is 9.80. The van der Waals surface area contributed by atoms with Gasteiger partial charge in [-0.3, -0.25) is 0 Å². The monoisotopic (exact) mass is 244 g/mol. The van der Waals surface area contributed by atoms with Gasteiger partial charge in [0.15, 0.2) is 0 Å². The fraction of sp³-hybridized carbons (Fsp3) is 0.556. The van der Waals surface area contributed by atoms with Crippen LogP contribution in [0.25, 0.3) is 0 Å². The van der Waals surface area contributed by atoms with Crippen LogP contribution in [0, 0.1) is 5.41 Å². The molecule has 0 heterocycles. The highest BCUT2D eigenvalue weighted by Gasteiger charge is 2.18. The van der Waals surface area contributed by atoms with Gasteiger partial charge in [0.2, 0.25) is 0 Å². The number of hydrogen-bond donors (Lipinski definition) is 0. The summed E-state index contributed by atoms with van der Waals surface area (Å²) in [5, 5.41) is 0.